The molecule has 0 aliphatic rings. The quantitative estimate of drug-likeness (QED) is 0.836. The van der Waals surface area contributed by atoms with E-state index < -0.39 is 5.91 Å². The number of rotatable bonds is 4. The van der Waals surface area contributed by atoms with Gasteiger partial charge < -0.3 is 11.1 Å². The Morgan fingerprint density at radius 2 is 1.86 bits per heavy atom. The van der Waals surface area contributed by atoms with E-state index in [4.69, 9.17) is 5.73 Å². The van der Waals surface area contributed by atoms with Crippen molar-refractivity contribution in [1.29, 1.82) is 0 Å². The molecule has 21 heavy (non-hydrogen) atoms. The molecular weight excluding hydrogens is 332 g/mol. The predicted octanol–water partition coefficient (Wildman–Crippen LogP) is 3.20. The second-order valence-electron chi connectivity index (χ2n) is 4.29. The van der Waals surface area contributed by atoms with Gasteiger partial charge in [-0.1, -0.05) is 40.2 Å². The van der Waals surface area contributed by atoms with E-state index >= 15 is 0 Å². The number of carbonyl (C=O) groups is 2. The Hall–Kier alpha value is -2.40. The molecule has 2 rings (SSSR count). The van der Waals surface area contributed by atoms with Crippen molar-refractivity contribution in [1.82, 2.24) is 0 Å². The van der Waals surface area contributed by atoms with Gasteiger partial charge in [0.25, 0.3) is 0 Å². The van der Waals surface area contributed by atoms with Crippen LogP contribution in [0.2, 0.25) is 0 Å². The highest BCUT2D eigenvalue weighted by Crippen LogP contribution is 2.17. The first-order valence-electron chi connectivity index (χ1n) is 6.20. The fourth-order valence-corrected chi connectivity index (χ4v) is 2.13. The second-order valence-corrected chi connectivity index (χ2v) is 5.14. The highest BCUT2D eigenvalue weighted by atomic mass is 79.9. The highest BCUT2D eigenvalue weighted by molar-refractivity contribution is 9.10. The largest absolute Gasteiger partial charge is 0.366 e. The Kier molecular flexibility index (Phi) is 4.90. The molecule has 0 heterocycles. The zero-order valence-corrected chi connectivity index (χ0v) is 12.6. The van der Waals surface area contributed by atoms with Gasteiger partial charge in [0, 0.05) is 21.8 Å². The first kappa shape index (κ1) is 15.0. The number of benzene rings is 2. The Labute approximate surface area is 130 Å². The van der Waals surface area contributed by atoms with Crippen LogP contribution in [-0.4, -0.2) is 11.8 Å². The van der Waals surface area contributed by atoms with Crippen molar-refractivity contribution in [3.8, 4) is 0 Å². The Morgan fingerprint density at radius 3 is 2.57 bits per heavy atom. The van der Waals surface area contributed by atoms with Crippen LogP contribution in [0.25, 0.3) is 6.08 Å². The summed E-state index contributed by atoms with van der Waals surface area (Å²) in [4.78, 5) is 22.9. The first-order chi connectivity index (χ1) is 10.1. The molecule has 106 valence electrons. The van der Waals surface area contributed by atoms with Gasteiger partial charge in [-0.15, -0.1) is 0 Å². The van der Waals surface area contributed by atoms with Gasteiger partial charge in [0.2, 0.25) is 11.8 Å². The van der Waals surface area contributed by atoms with E-state index in [0.29, 0.717) is 11.3 Å². The average molecular weight is 345 g/mol. The van der Waals surface area contributed by atoms with E-state index in [9.17, 15) is 9.59 Å². The van der Waals surface area contributed by atoms with Crippen LogP contribution >= 0.6 is 15.9 Å². The molecule has 0 saturated heterocycles. The van der Waals surface area contributed by atoms with Crippen molar-refractivity contribution in [2.24, 2.45) is 5.73 Å². The smallest absolute Gasteiger partial charge is 0.248 e. The third-order valence-electron chi connectivity index (χ3n) is 2.73. The molecular formula is C16H13BrN2O2. The Bertz CT molecular complexity index is 711. The van der Waals surface area contributed by atoms with Gasteiger partial charge >= 0.3 is 0 Å². The standard InChI is InChI=1S/C16H13BrN2O2/c17-14-7-2-1-4-11(14)8-9-15(20)19-13-6-3-5-12(10-13)16(18)21/h1-10H,(H2,18,21)(H,19,20). The molecule has 0 fully saturated rings. The summed E-state index contributed by atoms with van der Waals surface area (Å²) < 4.78 is 0.907. The molecule has 0 unspecified atom stereocenters. The van der Waals surface area contributed by atoms with Crippen molar-refractivity contribution in [2.75, 3.05) is 5.32 Å². The summed E-state index contributed by atoms with van der Waals surface area (Å²) in [5, 5.41) is 2.68. The van der Waals surface area contributed by atoms with Crippen molar-refractivity contribution in [3.63, 3.8) is 0 Å². The molecule has 2 amide bonds. The van der Waals surface area contributed by atoms with Crippen LogP contribution in [0.15, 0.2) is 59.1 Å². The third-order valence-corrected chi connectivity index (χ3v) is 3.46. The highest BCUT2D eigenvalue weighted by Gasteiger charge is 2.03. The number of anilines is 1. The number of carbonyl (C=O) groups excluding carboxylic acids is 2. The normalized spacial score (nSPS) is 10.5. The molecule has 0 atom stereocenters. The number of primary amides is 1. The summed E-state index contributed by atoms with van der Waals surface area (Å²) in [6.07, 6.45) is 3.13. The van der Waals surface area contributed by atoms with Gasteiger partial charge in [-0.25, -0.2) is 0 Å². The molecule has 0 aromatic heterocycles. The number of hydrogen-bond donors (Lipinski definition) is 2. The fourth-order valence-electron chi connectivity index (χ4n) is 1.71. The molecule has 2 aromatic carbocycles. The Morgan fingerprint density at radius 1 is 1.10 bits per heavy atom. The lowest BCUT2D eigenvalue weighted by atomic mass is 10.2. The van der Waals surface area contributed by atoms with E-state index in [2.05, 4.69) is 21.2 Å². The van der Waals surface area contributed by atoms with Gasteiger partial charge in [0.1, 0.15) is 0 Å². The average Bonchev–Trinajstić information content (AvgIpc) is 2.46. The van der Waals surface area contributed by atoms with Crippen molar-refractivity contribution >= 4 is 39.5 Å². The summed E-state index contributed by atoms with van der Waals surface area (Å²) in [5.41, 5.74) is 6.97. The van der Waals surface area contributed by atoms with Gasteiger partial charge in [-0.2, -0.15) is 0 Å². The lowest BCUT2D eigenvalue weighted by molar-refractivity contribution is -0.111. The number of hydrogen-bond acceptors (Lipinski definition) is 2. The Balaban J connectivity index is 2.07. The third kappa shape index (κ3) is 4.29. The van der Waals surface area contributed by atoms with Gasteiger partial charge in [-0.3, -0.25) is 9.59 Å². The van der Waals surface area contributed by atoms with Crippen LogP contribution in [0.3, 0.4) is 0 Å². The second kappa shape index (κ2) is 6.85. The number of amides is 2. The van der Waals surface area contributed by atoms with Crippen LogP contribution in [0, 0.1) is 0 Å². The van der Waals surface area contributed by atoms with E-state index in [1.54, 1.807) is 24.3 Å². The van der Waals surface area contributed by atoms with Crippen LogP contribution in [0.5, 0.6) is 0 Å². The maximum Gasteiger partial charge on any atom is 0.248 e. The summed E-state index contributed by atoms with van der Waals surface area (Å²) in [7, 11) is 0. The van der Waals surface area contributed by atoms with Gasteiger partial charge in [0.15, 0.2) is 0 Å². The minimum atomic E-state index is -0.533. The predicted molar refractivity (Wildman–Crippen MR) is 86.8 cm³/mol. The topological polar surface area (TPSA) is 72.2 Å². The first-order valence-corrected chi connectivity index (χ1v) is 6.99. The molecule has 0 radical (unpaired) electrons. The van der Waals surface area contributed by atoms with Crippen LogP contribution in [0.4, 0.5) is 5.69 Å². The maximum absolute atomic E-state index is 11.8. The summed E-state index contributed by atoms with van der Waals surface area (Å²) in [5.74, 6) is -0.817. The van der Waals surface area contributed by atoms with Crippen molar-refractivity contribution in [3.05, 3.63) is 70.2 Å². The minimum absolute atomic E-state index is 0.285. The number of nitrogens with one attached hydrogen (secondary N) is 1. The lowest BCUT2D eigenvalue weighted by Crippen LogP contribution is -2.12. The molecule has 3 N–H and O–H groups in total. The fraction of sp³-hybridized carbons (Fsp3) is 0. The SMILES string of the molecule is NC(=O)c1cccc(NC(=O)C=Cc2ccccc2Br)c1. The van der Waals surface area contributed by atoms with Crippen molar-refractivity contribution in [2.45, 2.75) is 0 Å². The van der Waals surface area contributed by atoms with Crippen molar-refractivity contribution < 1.29 is 9.59 Å². The molecule has 0 bridgehead atoms. The van der Waals surface area contributed by atoms with E-state index in [-0.39, 0.29) is 5.91 Å². The molecule has 4 nitrogen and oxygen atoms in total. The molecule has 0 saturated carbocycles. The van der Waals surface area contributed by atoms with Crippen LogP contribution < -0.4 is 11.1 Å². The summed E-state index contributed by atoms with van der Waals surface area (Å²) in [6, 6.07) is 14.1. The zero-order valence-electron chi connectivity index (χ0n) is 11.0. The van der Waals surface area contributed by atoms with Crippen LogP contribution in [0.1, 0.15) is 15.9 Å². The molecule has 0 aliphatic heterocycles. The maximum atomic E-state index is 11.8. The molecule has 2 aromatic rings. The number of nitrogens with two attached hydrogens (primary N) is 1. The van der Waals surface area contributed by atoms with E-state index in [1.807, 2.05) is 24.3 Å². The molecule has 0 spiro atoms. The molecule has 0 aliphatic carbocycles. The minimum Gasteiger partial charge on any atom is -0.366 e. The van der Waals surface area contributed by atoms with E-state index in [1.165, 1.54) is 12.1 Å². The monoisotopic (exact) mass is 344 g/mol. The van der Waals surface area contributed by atoms with Crippen LogP contribution in [-0.2, 0) is 4.79 Å². The molecule has 5 heteroatoms. The van der Waals surface area contributed by atoms with Gasteiger partial charge in [-0.05, 0) is 35.9 Å². The number of halogens is 1. The van der Waals surface area contributed by atoms with E-state index in [0.717, 1.165) is 10.0 Å². The summed E-state index contributed by atoms with van der Waals surface area (Å²) in [6.45, 7) is 0. The van der Waals surface area contributed by atoms with Gasteiger partial charge in [0.05, 0.1) is 0 Å². The lowest BCUT2D eigenvalue weighted by Gasteiger charge is -2.03. The zero-order chi connectivity index (χ0) is 15.2. The summed E-state index contributed by atoms with van der Waals surface area (Å²) >= 11 is 3.40.